The van der Waals surface area contributed by atoms with Crippen LogP contribution in [0.5, 0.6) is 0 Å². The fourth-order valence-electron chi connectivity index (χ4n) is 5.15. The number of nitrogens with zero attached hydrogens (tertiary/aromatic N) is 4. The van der Waals surface area contributed by atoms with Gasteiger partial charge in [-0.3, -0.25) is 25.1 Å². The summed E-state index contributed by atoms with van der Waals surface area (Å²) in [6.07, 6.45) is 1.85. The number of oxime groups is 1. The molecule has 1 aliphatic heterocycles. The molecule has 0 amide bonds. The molecule has 0 spiro atoms. The summed E-state index contributed by atoms with van der Waals surface area (Å²) in [6.45, 7) is 1.00. The molecule has 208 valence electrons. The zero-order valence-corrected chi connectivity index (χ0v) is 22.4. The zero-order valence-electron chi connectivity index (χ0n) is 22.4. The summed E-state index contributed by atoms with van der Waals surface area (Å²) in [7, 11) is 0. The third-order valence-electron chi connectivity index (χ3n) is 7.26. The van der Waals surface area contributed by atoms with Gasteiger partial charge in [0.25, 0.3) is 11.4 Å². The quantitative estimate of drug-likeness (QED) is 0.147. The predicted molar refractivity (Wildman–Crippen MR) is 156 cm³/mol. The van der Waals surface area contributed by atoms with Crippen molar-refractivity contribution in [2.75, 3.05) is 0 Å². The molecular weight excluding hydrogens is 520 g/mol. The van der Waals surface area contributed by atoms with E-state index in [4.69, 9.17) is 4.84 Å². The third kappa shape index (κ3) is 7.40. The van der Waals surface area contributed by atoms with Crippen molar-refractivity contribution < 1.29 is 14.7 Å². The van der Waals surface area contributed by atoms with E-state index in [9.17, 15) is 20.2 Å². The van der Waals surface area contributed by atoms with Crippen LogP contribution in [0.25, 0.3) is 0 Å². The Balaban J connectivity index is 1.44. The van der Waals surface area contributed by atoms with Crippen molar-refractivity contribution in [3.8, 4) is 0 Å². The highest BCUT2D eigenvalue weighted by molar-refractivity contribution is 5.87. The highest BCUT2D eigenvalue weighted by atomic mass is 16.6. The lowest BCUT2D eigenvalue weighted by molar-refractivity contribution is -0.385. The lowest BCUT2D eigenvalue weighted by atomic mass is 9.94. The summed E-state index contributed by atoms with van der Waals surface area (Å²) in [6, 6.07) is 33.4. The molecule has 2 atom stereocenters. The minimum absolute atomic E-state index is 0.0367. The van der Waals surface area contributed by atoms with Crippen LogP contribution in [0.15, 0.2) is 114 Å². The van der Waals surface area contributed by atoms with Crippen LogP contribution in [0.1, 0.15) is 28.7 Å². The molecule has 0 aromatic heterocycles. The summed E-state index contributed by atoms with van der Waals surface area (Å²) in [5, 5.41) is 26.9. The molecule has 0 fully saturated rings. The molecule has 9 heteroatoms. The van der Waals surface area contributed by atoms with E-state index in [0.29, 0.717) is 32.4 Å². The summed E-state index contributed by atoms with van der Waals surface area (Å²) in [5.41, 5.74) is 5.20. The van der Waals surface area contributed by atoms with E-state index in [1.807, 2.05) is 36.4 Å². The van der Waals surface area contributed by atoms with E-state index in [1.165, 1.54) is 29.8 Å². The number of hydrogen-bond donors (Lipinski definition) is 0. The third-order valence-corrected chi connectivity index (χ3v) is 7.26. The van der Waals surface area contributed by atoms with Crippen LogP contribution < -0.4 is 0 Å². The topological polar surface area (TPSA) is 111 Å². The SMILES string of the molecule is O=[N+]([O-])c1ccc(CN(Cc2ccc([N+](=O)[O-])cc2)C(Cc2ccccc2)C2CC(Cc3ccccc3)=NO2)cc1. The Morgan fingerprint density at radius 2 is 1.20 bits per heavy atom. The van der Waals surface area contributed by atoms with Gasteiger partial charge in [0.1, 0.15) is 6.10 Å². The van der Waals surface area contributed by atoms with Crippen LogP contribution in [-0.2, 0) is 30.8 Å². The fourth-order valence-corrected chi connectivity index (χ4v) is 5.15. The maximum absolute atomic E-state index is 11.2. The van der Waals surface area contributed by atoms with Gasteiger partial charge in [-0.15, -0.1) is 0 Å². The fraction of sp³-hybridized carbons (Fsp3) is 0.219. The monoisotopic (exact) mass is 550 g/mol. The lowest BCUT2D eigenvalue weighted by Crippen LogP contribution is -2.44. The van der Waals surface area contributed by atoms with Gasteiger partial charge in [-0.05, 0) is 28.7 Å². The van der Waals surface area contributed by atoms with E-state index in [0.717, 1.165) is 22.4 Å². The maximum Gasteiger partial charge on any atom is 0.269 e. The molecule has 1 aliphatic rings. The molecular formula is C32H30N4O5. The minimum Gasteiger partial charge on any atom is -0.390 e. The molecule has 41 heavy (non-hydrogen) atoms. The Hall–Kier alpha value is -4.89. The van der Waals surface area contributed by atoms with Gasteiger partial charge in [-0.2, -0.15) is 0 Å². The molecule has 9 nitrogen and oxygen atoms in total. The Kier molecular flexibility index (Phi) is 8.76. The molecule has 1 heterocycles. The van der Waals surface area contributed by atoms with Crippen molar-refractivity contribution in [1.29, 1.82) is 0 Å². The summed E-state index contributed by atoms with van der Waals surface area (Å²) < 4.78 is 0. The smallest absolute Gasteiger partial charge is 0.269 e. The standard InChI is InChI=1S/C32H30N4O5/c37-35(38)29-15-11-26(12-16-29)22-34(23-27-13-17-30(18-14-27)36(39)40)31(20-25-9-5-2-6-10-25)32-21-28(33-41-32)19-24-7-3-1-4-8-24/h1-18,31-32H,19-23H2. The first-order valence-electron chi connectivity index (χ1n) is 13.4. The number of nitro groups is 2. The number of rotatable bonds is 12. The molecule has 0 bridgehead atoms. The van der Waals surface area contributed by atoms with Gasteiger partial charge in [-0.25, -0.2) is 0 Å². The number of hydrogen-bond acceptors (Lipinski definition) is 7. The average molecular weight is 551 g/mol. The first kappa shape index (κ1) is 27.7. The minimum atomic E-state index is -0.408. The summed E-state index contributed by atoms with van der Waals surface area (Å²) >= 11 is 0. The van der Waals surface area contributed by atoms with Gasteiger partial charge in [-0.1, -0.05) is 90.1 Å². The molecule has 4 aromatic carbocycles. The maximum atomic E-state index is 11.2. The number of non-ortho nitro benzene ring substituents is 2. The highest BCUT2D eigenvalue weighted by Gasteiger charge is 2.34. The van der Waals surface area contributed by atoms with E-state index < -0.39 is 9.85 Å². The van der Waals surface area contributed by atoms with Crippen LogP contribution in [0.2, 0.25) is 0 Å². The van der Waals surface area contributed by atoms with Gasteiger partial charge in [0.05, 0.1) is 21.6 Å². The lowest BCUT2D eigenvalue weighted by Gasteiger charge is -2.35. The first-order valence-corrected chi connectivity index (χ1v) is 13.4. The van der Waals surface area contributed by atoms with Crippen molar-refractivity contribution >= 4 is 17.1 Å². The van der Waals surface area contributed by atoms with Gasteiger partial charge >= 0.3 is 0 Å². The zero-order chi connectivity index (χ0) is 28.6. The van der Waals surface area contributed by atoms with Crippen molar-refractivity contribution in [3.05, 3.63) is 152 Å². The molecule has 0 saturated carbocycles. The molecule has 0 aliphatic carbocycles. The summed E-state index contributed by atoms with van der Waals surface area (Å²) in [5.74, 6) is 0. The van der Waals surface area contributed by atoms with E-state index in [1.54, 1.807) is 24.3 Å². The molecule has 0 N–H and O–H groups in total. The Morgan fingerprint density at radius 1 is 0.707 bits per heavy atom. The van der Waals surface area contributed by atoms with Crippen molar-refractivity contribution in [3.63, 3.8) is 0 Å². The Labute approximate surface area is 238 Å². The number of benzene rings is 4. The second-order valence-corrected chi connectivity index (χ2v) is 10.2. The normalized spacial score (nSPS) is 15.2. The van der Waals surface area contributed by atoms with Gasteiger partial charge in [0, 0.05) is 50.2 Å². The Bertz CT molecular complexity index is 1430. The van der Waals surface area contributed by atoms with E-state index in [-0.39, 0.29) is 23.5 Å². The van der Waals surface area contributed by atoms with Crippen LogP contribution >= 0.6 is 0 Å². The molecule has 0 radical (unpaired) electrons. The second kappa shape index (κ2) is 13.0. The Morgan fingerprint density at radius 3 is 1.68 bits per heavy atom. The molecule has 0 saturated heterocycles. The number of nitro benzene ring substituents is 2. The largest absolute Gasteiger partial charge is 0.390 e. The highest BCUT2D eigenvalue weighted by Crippen LogP contribution is 2.27. The van der Waals surface area contributed by atoms with E-state index in [2.05, 4.69) is 34.3 Å². The van der Waals surface area contributed by atoms with Gasteiger partial charge in [0.2, 0.25) is 0 Å². The summed E-state index contributed by atoms with van der Waals surface area (Å²) in [4.78, 5) is 30.0. The van der Waals surface area contributed by atoms with Crippen molar-refractivity contribution in [1.82, 2.24) is 4.90 Å². The van der Waals surface area contributed by atoms with Gasteiger partial charge in [0.15, 0.2) is 0 Å². The van der Waals surface area contributed by atoms with Crippen molar-refractivity contribution in [2.45, 2.75) is 44.5 Å². The predicted octanol–water partition coefficient (Wildman–Crippen LogP) is 6.50. The van der Waals surface area contributed by atoms with Crippen LogP contribution in [0.3, 0.4) is 0 Å². The van der Waals surface area contributed by atoms with Crippen LogP contribution in [-0.4, -0.2) is 32.6 Å². The van der Waals surface area contributed by atoms with Gasteiger partial charge < -0.3 is 4.84 Å². The molecule has 5 rings (SSSR count). The average Bonchev–Trinajstić information content (AvgIpc) is 3.45. The van der Waals surface area contributed by atoms with E-state index >= 15 is 0 Å². The van der Waals surface area contributed by atoms with Crippen molar-refractivity contribution in [2.24, 2.45) is 5.16 Å². The van der Waals surface area contributed by atoms with Crippen LogP contribution in [0, 0.1) is 20.2 Å². The first-order chi connectivity index (χ1) is 19.9. The second-order valence-electron chi connectivity index (χ2n) is 10.2. The molecule has 4 aromatic rings. The molecule has 2 unspecified atom stereocenters. The van der Waals surface area contributed by atoms with Crippen LogP contribution in [0.4, 0.5) is 11.4 Å².